The molecule has 0 aromatic heterocycles. The van der Waals surface area contributed by atoms with Gasteiger partial charge in [0.25, 0.3) is 0 Å². The van der Waals surface area contributed by atoms with E-state index in [1.807, 2.05) is 74.5 Å². The smallest absolute Gasteiger partial charge is 0.340 e. The maximum Gasteiger partial charge on any atom is 0.340 e. The zero-order valence-corrected chi connectivity index (χ0v) is 22.2. The number of anilines is 1. The van der Waals surface area contributed by atoms with Crippen LogP contribution in [0.3, 0.4) is 0 Å². The van der Waals surface area contributed by atoms with E-state index in [4.69, 9.17) is 18.9 Å². The van der Waals surface area contributed by atoms with E-state index >= 15 is 0 Å². The van der Waals surface area contributed by atoms with Crippen LogP contribution < -0.4 is 29.7 Å². The van der Waals surface area contributed by atoms with Gasteiger partial charge in [-0.15, -0.1) is 0 Å². The number of benzene rings is 3. The van der Waals surface area contributed by atoms with Crippen molar-refractivity contribution >= 4 is 23.0 Å². The first kappa shape index (κ1) is 24.0. The van der Waals surface area contributed by atoms with Crippen molar-refractivity contribution in [2.75, 3.05) is 19.0 Å². The molecule has 0 unspecified atom stereocenters. The third kappa shape index (κ3) is 4.36. The first-order valence-electron chi connectivity index (χ1n) is 12.7. The summed E-state index contributed by atoms with van der Waals surface area (Å²) < 4.78 is 23.6. The van der Waals surface area contributed by atoms with Gasteiger partial charge in [-0.05, 0) is 55.3 Å². The number of hydrogen-bond donors (Lipinski definition) is 2. The molecule has 2 N–H and O–H groups in total. The molecule has 3 heterocycles. The van der Waals surface area contributed by atoms with Gasteiger partial charge < -0.3 is 24.3 Å². The lowest BCUT2D eigenvalue weighted by Crippen LogP contribution is -2.40. The van der Waals surface area contributed by atoms with Crippen molar-refractivity contribution in [3.8, 4) is 23.0 Å². The van der Waals surface area contributed by atoms with Gasteiger partial charge in [-0.2, -0.15) is 0 Å². The van der Waals surface area contributed by atoms with Crippen molar-refractivity contribution in [2.45, 2.75) is 45.5 Å². The number of fused-ring (bicyclic) bond motifs is 2. The number of carbonyl (C=O) groups excluding carboxylic acids is 1. The van der Waals surface area contributed by atoms with Crippen LogP contribution in [0.15, 0.2) is 60.7 Å². The Labute approximate surface area is 222 Å². The van der Waals surface area contributed by atoms with E-state index in [0.717, 1.165) is 45.8 Å². The molecule has 3 aliphatic rings. The summed E-state index contributed by atoms with van der Waals surface area (Å²) in [5.74, 6) is 1.83. The molecule has 0 atom stereocenters. The monoisotopic (exact) mass is 513 g/mol. The molecule has 38 heavy (non-hydrogen) atoms. The second-order valence-electron chi connectivity index (χ2n) is 10.8. The Morgan fingerprint density at radius 3 is 2.50 bits per heavy atom. The minimum Gasteiger partial charge on any atom is -0.493 e. The number of rotatable bonds is 4. The summed E-state index contributed by atoms with van der Waals surface area (Å²) in [7, 11) is 1.61. The Hall–Kier alpha value is -4.33. The summed E-state index contributed by atoms with van der Waals surface area (Å²) in [6.45, 7) is 8.17. The molecule has 0 fully saturated rings. The minimum atomic E-state index is -0.791. The maximum atomic E-state index is 13.4. The molecular formula is C30H31N3O5. The highest BCUT2D eigenvalue weighted by molar-refractivity contribution is 5.99. The summed E-state index contributed by atoms with van der Waals surface area (Å²) in [5, 5.41) is 4.61. The number of nitrogens with zero attached hydrogens (tertiary/aromatic N) is 1. The van der Waals surface area contributed by atoms with Gasteiger partial charge in [0.1, 0.15) is 11.4 Å². The van der Waals surface area contributed by atoms with Gasteiger partial charge in [0.05, 0.1) is 19.4 Å². The molecule has 2 amide bonds. The van der Waals surface area contributed by atoms with Crippen molar-refractivity contribution in [1.82, 2.24) is 10.4 Å². The lowest BCUT2D eigenvalue weighted by atomic mass is 10.00. The lowest BCUT2D eigenvalue weighted by molar-refractivity contribution is -0.0439. The number of carbonyl (C=O) groups is 1. The molecule has 3 aromatic carbocycles. The Morgan fingerprint density at radius 2 is 1.74 bits per heavy atom. The molecule has 0 saturated carbocycles. The second-order valence-corrected chi connectivity index (χ2v) is 10.8. The first-order chi connectivity index (χ1) is 18.1. The predicted molar refractivity (Wildman–Crippen MR) is 145 cm³/mol. The number of hydrazine groups is 1. The fourth-order valence-electron chi connectivity index (χ4n) is 5.17. The number of urea groups is 1. The maximum absolute atomic E-state index is 13.4. The van der Waals surface area contributed by atoms with Gasteiger partial charge in [-0.1, -0.05) is 30.3 Å². The van der Waals surface area contributed by atoms with E-state index in [9.17, 15) is 4.79 Å². The van der Waals surface area contributed by atoms with Crippen LogP contribution in [-0.4, -0.2) is 36.1 Å². The minimum absolute atomic E-state index is 0.244. The fourth-order valence-corrected chi connectivity index (χ4v) is 5.17. The summed E-state index contributed by atoms with van der Waals surface area (Å²) in [6.07, 6.45) is 0.792. The summed E-state index contributed by atoms with van der Waals surface area (Å²) in [6, 6.07) is 19.3. The van der Waals surface area contributed by atoms with E-state index in [2.05, 4.69) is 24.6 Å². The van der Waals surface area contributed by atoms with Crippen molar-refractivity contribution in [1.29, 1.82) is 0 Å². The van der Waals surface area contributed by atoms with Crippen LogP contribution in [0.5, 0.6) is 23.0 Å². The molecule has 0 radical (unpaired) electrons. The summed E-state index contributed by atoms with van der Waals surface area (Å²) in [4.78, 5) is 13.4. The van der Waals surface area contributed by atoms with Crippen molar-refractivity contribution in [2.24, 2.45) is 0 Å². The van der Waals surface area contributed by atoms with Gasteiger partial charge in [-0.25, -0.2) is 9.80 Å². The number of nitrogens with one attached hydrogen (secondary N) is 2. The third-order valence-corrected chi connectivity index (χ3v) is 6.78. The zero-order valence-electron chi connectivity index (χ0n) is 22.2. The molecule has 8 nitrogen and oxygen atoms in total. The Balaban J connectivity index is 1.30. The van der Waals surface area contributed by atoms with E-state index < -0.39 is 5.79 Å². The highest BCUT2D eigenvalue weighted by Crippen LogP contribution is 2.48. The Morgan fingerprint density at radius 1 is 0.947 bits per heavy atom. The van der Waals surface area contributed by atoms with Crippen molar-refractivity contribution in [3.63, 3.8) is 0 Å². The number of ether oxygens (including phenoxy) is 4. The van der Waals surface area contributed by atoms with Crippen LogP contribution in [-0.2, 0) is 6.42 Å². The number of hydrogen-bond acceptors (Lipinski definition) is 6. The molecule has 0 bridgehead atoms. The molecule has 3 aromatic rings. The quantitative estimate of drug-likeness (QED) is 0.457. The van der Waals surface area contributed by atoms with Gasteiger partial charge >= 0.3 is 6.03 Å². The third-order valence-electron chi connectivity index (χ3n) is 6.78. The molecule has 0 spiro atoms. The highest BCUT2D eigenvalue weighted by Gasteiger charge is 2.36. The highest BCUT2D eigenvalue weighted by atomic mass is 16.7. The van der Waals surface area contributed by atoms with E-state index in [0.29, 0.717) is 23.8 Å². The first-order valence-corrected chi connectivity index (χ1v) is 12.7. The molecule has 8 heteroatoms. The molecule has 6 rings (SSSR count). The van der Waals surface area contributed by atoms with Crippen LogP contribution in [0, 0.1) is 0 Å². The number of methoxy groups -OCH3 is 1. The van der Waals surface area contributed by atoms with E-state index in [-0.39, 0.29) is 11.6 Å². The summed E-state index contributed by atoms with van der Waals surface area (Å²) >= 11 is 0. The van der Waals surface area contributed by atoms with Gasteiger partial charge in [0, 0.05) is 37.1 Å². The molecule has 3 aliphatic heterocycles. The molecule has 0 saturated heterocycles. The molecule has 196 valence electrons. The average molecular weight is 514 g/mol. The normalized spacial score (nSPS) is 18.1. The second kappa shape index (κ2) is 8.62. The lowest BCUT2D eigenvalue weighted by Gasteiger charge is -2.19. The van der Waals surface area contributed by atoms with Gasteiger partial charge in [-0.3, -0.25) is 5.43 Å². The standard InChI is InChI=1S/C30H31N3O5/c1-29(2)16-20-13-21(11-12-23(20)36-29)31-28(34)33-17-22(26(32-33)18-9-7-6-8-10-18)19-14-24(35-5)27-25(15-19)37-30(3,4)38-27/h6-15,32H,16-17H2,1-5H3,(H,31,34). The molecular weight excluding hydrogens is 482 g/mol. The van der Waals surface area contributed by atoms with Crippen LogP contribution in [0.1, 0.15) is 44.4 Å². The van der Waals surface area contributed by atoms with E-state index in [1.54, 1.807) is 12.1 Å². The Bertz CT molecular complexity index is 1460. The van der Waals surface area contributed by atoms with E-state index in [1.165, 1.54) is 0 Å². The van der Waals surface area contributed by atoms with Crippen molar-refractivity contribution in [3.05, 3.63) is 77.4 Å². The van der Waals surface area contributed by atoms with Gasteiger partial charge in [0.2, 0.25) is 11.5 Å². The SMILES string of the molecule is COc1cc(C2=C(c3ccccc3)NN(C(=O)Nc3ccc4c(c3)CC(C)(C)O4)C2)cc2c1OC(C)(C)O2. The number of amides is 2. The topological polar surface area (TPSA) is 81.3 Å². The summed E-state index contributed by atoms with van der Waals surface area (Å²) in [5.41, 5.74) is 8.50. The van der Waals surface area contributed by atoms with Crippen LogP contribution >= 0.6 is 0 Å². The largest absolute Gasteiger partial charge is 0.493 e. The fraction of sp³-hybridized carbons (Fsp3) is 0.300. The Kier molecular flexibility index (Phi) is 5.45. The van der Waals surface area contributed by atoms with Crippen LogP contribution in [0.25, 0.3) is 11.3 Å². The van der Waals surface area contributed by atoms with Crippen LogP contribution in [0.2, 0.25) is 0 Å². The average Bonchev–Trinajstić information content (AvgIpc) is 3.54. The predicted octanol–water partition coefficient (Wildman–Crippen LogP) is 5.84. The molecule has 0 aliphatic carbocycles. The van der Waals surface area contributed by atoms with Crippen molar-refractivity contribution < 1.29 is 23.7 Å². The van der Waals surface area contributed by atoms with Gasteiger partial charge in [0.15, 0.2) is 11.5 Å². The van der Waals surface area contributed by atoms with Crippen LogP contribution in [0.4, 0.5) is 10.5 Å². The zero-order chi connectivity index (χ0) is 26.7.